The fraction of sp³-hybridized carbons (Fsp3) is 0.105. The van der Waals surface area contributed by atoms with Gasteiger partial charge in [0.25, 0.3) is 0 Å². The second-order valence-electron chi connectivity index (χ2n) is 16.1. The number of pyridine rings is 3. The molecular weight excluding hydrogens is 919 g/mol. The second kappa shape index (κ2) is 16.1. The van der Waals surface area contributed by atoms with Crippen LogP contribution >= 0.6 is 0 Å². The van der Waals surface area contributed by atoms with E-state index in [0.29, 0.717) is 0 Å². The standard InChI is InChI=1S/3C19H15N.Ir/c3*1-12-11-18-16-9-4-3-7-14(16)15-8-5-6-10-17(15)19(18)20-13(12)2;/h3*3-11H,1-2H3;. The molecule has 0 aliphatic carbocycles. The van der Waals surface area contributed by atoms with Crippen molar-refractivity contribution in [3.05, 3.63) is 198 Å². The van der Waals surface area contributed by atoms with Crippen LogP contribution in [0.5, 0.6) is 0 Å². The smallest absolute Gasteiger partial charge is 0.0790 e. The van der Waals surface area contributed by atoms with E-state index < -0.39 is 0 Å². The van der Waals surface area contributed by atoms with E-state index in [1.807, 2.05) is 0 Å². The largest absolute Gasteiger partial charge is 0.252 e. The van der Waals surface area contributed by atoms with E-state index in [1.165, 1.54) is 97.5 Å². The fourth-order valence-electron chi connectivity index (χ4n) is 8.98. The maximum atomic E-state index is 4.85. The van der Waals surface area contributed by atoms with Gasteiger partial charge in [-0.3, -0.25) is 15.0 Å². The molecule has 12 rings (SSSR count). The first kappa shape index (κ1) is 39.9. The van der Waals surface area contributed by atoms with Crippen LogP contribution < -0.4 is 0 Å². The minimum absolute atomic E-state index is 0. The number of hydrogen-bond donors (Lipinski definition) is 0. The van der Waals surface area contributed by atoms with Gasteiger partial charge in [0, 0.05) is 69.5 Å². The van der Waals surface area contributed by atoms with Crippen molar-refractivity contribution in [2.24, 2.45) is 0 Å². The summed E-state index contributed by atoms with van der Waals surface area (Å²) in [4.78, 5) is 14.6. The van der Waals surface area contributed by atoms with Crippen LogP contribution in [0.1, 0.15) is 33.8 Å². The number of fused-ring (bicyclic) bond motifs is 18. The fourth-order valence-corrected chi connectivity index (χ4v) is 8.98. The Bertz CT molecular complexity index is 3060. The Morgan fingerprint density at radius 1 is 0.230 bits per heavy atom. The summed E-state index contributed by atoms with van der Waals surface area (Å²) in [5.74, 6) is 0. The van der Waals surface area contributed by atoms with Crippen LogP contribution in [0.3, 0.4) is 0 Å². The summed E-state index contributed by atoms with van der Waals surface area (Å²) in [6.45, 7) is 12.6. The van der Waals surface area contributed by atoms with E-state index in [2.05, 4.69) is 205 Å². The molecule has 0 aliphatic heterocycles. The molecular formula is C57H45IrN3. The molecule has 0 saturated heterocycles. The van der Waals surface area contributed by atoms with E-state index >= 15 is 0 Å². The molecule has 61 heavy (non-hydrogen) atoms. The normalized spacial score (nSPS) is 11.3. The molecule has 297 valence electrons. The summed E-state index contributed by atoms with van der Waals surface area (Å²) in [7, 11) is 0. The average Bonchev–Trinajstić information content (AvgIpc) is 3.29. The first-order chi connectivity index (χ1) is 29.3. The number of benzene rings is 9. The molecule has 0 bridgehead atoms. The summed E-state index contributed by atoms with van der Waals surface area (Å²) in [5.41, 5.74) is 10.4. The monoisotopic (exact) mass is 964 g/mol. The Kier molecular flexibility index (Phi) is 10.5. The number of hydrogen-bond acceptors (Lipinski definition) is 3. The number of aryl methyl sites for hydroxylation is 6. The van der Waals surface area contributed by atoms with Crippen LogP contribution in [0.4, 0.5) is 0 Å². The Balaban J connectivity index is 0.000000116. The number of nitrogens with zero attached hydrogens (tertiary/aromatic N) is 3. The molecule has 0 unspecified atom stereocenters. The van der Waals surface area contributed by atoms with Crippen LogP contribution in [-0.4, -0.2) is 15.0 Å². The Labute approximate surface area is 369 Å². The predicted octanol–water partition coefficient (Wildman–Crippen LogP) is 15.5. The molecule has 0 amide bonds. The van der Waals surface area contributed by atoms with Crippen molar-refractivity contribution in [2.75, 3.05) is 0 Å². The molecule has 0 spiro atoms. The maximum Gasteiger partial charge on any atom is 0.0790 e. The molecule has 0 saturated carbocycles. The van der Waals surface area contributed by atoms with Crippen molar-refractivity contribution in [2.45, 2.75) is 41.5 Å². The van der Waals surface area contributed by atoms with Gasteiger partial charge in [0.1, 0.15) is 0 Å². The van der Waals surface area contributed by atoms with Gasteiger partial charge in [-0.25, -0.2) is 0 Å². The summed E-state index contributed by atoms with van der Waals surface area (Å²) in [6, 6.07) is 58.3. The molecule has 3 heterocycles. The van der Waals surface area contributed by atoms with Gasteiger partial charge in [-0.1, -0.05) is 146 Å². The minimum Gasteiger partial charge on any atom is -0.252 e. The molecule has 0 atom stereocenters. The zero-order chi connectivity index (χ0) is 41.1. The molecule has 4 heteroatoms. The van der Waals surface area contributed by atoms with Gasteiger partial charge in [0.05, 0.1) is 16.6 Å². The Morgan fingerprint density at radius 2 is 0.393 bits per heavy atom. The number of rotatable bonds is 0. The summed E-state index contributed by atoms with van der Waals surface area (Å²) in [5, 5.41) is 19.1. The topological polar surface area (TPSA) is 38.7 Å². The van der Waals surface area contributed by atoms with Gasteiger partial charge in [-0.05, 0) is 125 Å². The molecule has 1 radical (unpaired) electrons. The van der Waals surface area contributed by atoms with Crippen molar-refractivity contribution < 1.29 is 20.1 Å². The predicted molar refractivity (Wildman–Crippen MR) is 259 cm³/mol. The first-order valence-corrected chi connectivity index (χ1v) is 20.8. The van der Waals surface area contributed by atoms with Gasteiger partial charge in [-0.2, -0.15) is 0 Å². The molecule has 0 N–H and O–H groups in total. The van der Waals surface area contributed by atoms with Crippen molar-refractivity contribution in [1.29, 1.82) is 0 Å². The third kappa shape index (κ3) is 6.87. The molecule has 3 aromatic heterocycles. The Hall–Kier alpha value is -6.58. The van der Waals surface area contributed by atoms with E-state index in [4.69, 9.17) is 15.0 Å². The zero-order valence-corrected chi connectivity index (χ0v) is 37.7. The Morgan fingerprint density at radius 3 is 0.607 bits per heavy atom. The molecule has 0 fully saturated rings. The van der Waals surface area contributed by atoms with E-state index in [-0.39, 0.29) is 20.1 Å². The van der Waals surface area contributed by atoms with Crippen LogP contribution in [0, 0.1) is 41.5 Å². The summed E-state index contributed by atoms with van der Waals surface area (Å²) < 4.78 is 0. The van der Waals surface area contributed by atoms with Crippen molar-refractivity contribution >= 4 is 97.3 Å². The minimum atomic E-state index is 0. The average molecular weight is 964 g/mol. The second-order valence-corrected chi connectivity index (χ2v) is 16.1. The summed E-state index contributed by atoms with van der Waals surface area (Å²) in [6.07, 6.45) is 0. The third-order valence-corrected chi connectivity index (χ3v) is 12.5. The molecule has 3 nitrogen and oxygen atoms in total. The third-order valence-electron chi connectivity index (χ3n) is 12.5. The molecule has 0 aliphatic rings. The summed E-state index contributed by atoms with van der Waals surface area (Å²) >= 11 is 0. The quantitative estimate of drug-likeness (QED) is 0.142. The van der Waals surface area contributed by atoms with Crippen LogP contribution in [0.25, 0.3) is 97.3 Å². The van der Waals surface area contributed by atoms with E-state index in [0.717, 1.165) is 33.6 Å². The van der Waals surface area contributed by atoms with E-state index in [1.54, 1.807) is 0 Å². The first-order valence-electron chi connectivity index (χ1n) is 20.8. The van der Waals surface area contributed by atoms with Crippen LogP contribution in [0.15, 0.2) is 164 Å². The maximum absolute atomic E-state index is 4.85. The molecule has 12 aromatic rings. The van der Waals surface area contributed by atoms with Crippen molar-refractivity contribution in [3.63, 3.8) is 0 Å². The van der Waals surface area contributed by atoms with Gasteiger partial charge >= 0.3 is 0 Å². The number of aromatic nitrogens is 3. The van der Waals surface area contributed by atoms with Crippen LogP contribution in [0.2, 0.25) is 0 Å². The van der Waals surface area contributed by atoms with Gasteiger partial charge < -0.3 is 0 Å². The van der Waals surface area contributed by atoms with Gasteiger partial charge in [0.2, 0.25) is 0 Å². The van der Waals surface area contributed by atoms with Gasteiger partial charge in [0.15, 0.2) is 0 Å². The van der Waals surface area contributed by atoms with Crippen molar-refractivity contribution in [3.8, 4) is 0 Å². The van der Waals surface area contributed by atoms with Gasteiger partial charge in [-0.15, -0.1) is 0 Å². The molecule has 9 aromatic carbocycles. The van der Waals surface area contributed by atoms with E-state index in [9.17, 15) is 0 Å². The van der Waals surface area contributed by atoms with Crippen LogP contribution in [-0.2, 0) is 20.1 Å². The zero-order valence-electron chi connectivity index (χ0n) is 35.3. The van der Waals surface area contributed by atoms with Crippen molar-refractivity contribution in [1.82, 2.24) is 15.0 Å². The SMILES string of the molecule is Cc1cc2c3ccccc3c3ccccc3c2nc1C.Cc1cc2c3ccccc3c3ccccc3c2nc1C.Cc1cc2c3ccccc3c3ccccc3c2nc1C.[Ir].